The van der Waals surface area contributed by atoms with E-state index in [0.29, 0.717) is 22.6 Å². The fourth-order valence-corrected chi connectivity index (χ4v) is 2.73. The van der Waals surface area contributed by atoms with Crippen molar-refractivity contribution in [2.75, 3.05) is 0 Å². The van der Waals surface area contributed by atoms with Gasteiger partial charge in [0.05, 0.1) is 12.2 Å². The lowest BCUT2D eigenvalue weighted by molar-refractivity contribution is 0.421. The summed E-state index contributed by atoms with van der Waals surface area (Å²) in [5.74, 6) is -0.168. The molecule has 1 aromatic carbocycles. The molecule has 3 heterocycles. The zero-order valence-corrected chi connectivity index (χ0v) is 14.0. The summed E-state index contributed by atoms with van der Waals surface area (Å²) in [6, 6.07) is 11.0. The minimum Gasteiger partial charge on any atom is -0.364 e. The van der Waals surface area contributed by atoms with Crippen LogP contribution in [0.1, 0.15) is 5.56 Å². The second-order valence-electron chi connectivity index (χ2n) is 5.44. The van der Waals surface area contributed by atoms with Gasteiger partial charge in [-0.15, -0.1) is 0 Å². The van der Waals surface area contributed by atoms with Crippen molar-refractivity contribution in [3.8, 4) is 22.9 Å². The van der Waals surface area contributed by atoms with E-state index in [1.54, 1.807) is 35.0 Å². The number of hydrogen-bond donors (Lipinski definition) is 0. The summed E-state index contributed by atoms with van der Waals surface area (Å²) >= 11 is 6.00. The van der Waals surface area contributed by atoms with Crippen LogP contribution in [-0.4, -0.2) is 24.0 Å². The van der Waals surface area contributed by atoms with Gasteiger partial charge >= 0.3 is 0 Å². The summed E-state index contributed by atoms with van der Waals surface area (Å²) in [6.45, 7) is 0.161. The van der Waals surface area contributed by atoms with Crippen LogP contribution in [0.5, 0.6) is 0 Å². The Balaban J connectivity index is 1.85. The van der Waals surface area contributed by atoms with E-state index in [-0.39, 0.29) is 18.2 Å². The monoisotopic (exact) mass is 371 g/mol. The van der Waals surface area contributed by atoms with Gasteiger partial charge in [0.25, 0.3) is 5.56 Å². The molecule has 4 aromatic rings. The van der Waals surface area contributed by atoms with E-state index in [9.17, 15) is 9.18 Å². The van der Waals surface area contributed by atoms with Crippen LogP contribution < -0.4 is 5.56 Å². The maximum Gasteiger partial charge on any atom is 0.268 e. The molecule has 0 N–H and O–H groups in total. The first-order chi connectivity index (χ1) is 12.6. The highest BCUT2D eigenvalue weighted by Gasteiger charge is 2.18. The second kappa shape index (κ2) is 6.57. The standard InChI is InChI=1S/C17H11ClFN5O2/c18-24-16(25)5-7-20-17(24)14-9-15(13-6-8-26-22-13)23(21-14)10-11-3-1-2-4-12(11)19/h1-9H,10H2. The number of rotatable bonds is 4. The Hall–Kier alpha value is -3.26. The largest absolute Gasteiger partial charge is 0.364 e. The topological polar surface area (TPSA) is 78.7 Å². The molecule has 0 aliphatic carbocycles. The lowest BCUT2D eigenvalue weighted by Crippen LogP contribution is -2.14. The van der Waals surface area contributed by atoms with Crippen molar-refractivity contribution in [3.63, 3.8) is 0 Å². The molecule has 0 spiro atoms. The number of halogens is 2. The van der Waals surface area contributed by atoms with Gasteiger partial charge < -0.3 is 4.52 Å². The lowest BCUT2D eigenvalue weighted by atomic mass is 10.2. The number of nitrogens with zero attached hydrogens (tertiary/aromatic N) is 5. The Morgan fingerprint density at radius 1 is 1.15 bits per heavy atom. The van der Waals surface area contributed by atoms with Crippen LogP contribution in [0.25, 0.3) is 22.9 Å². The summed E-state index contributed by atoms with van der Waals surface area (Å²) in [6.07, 6.45) is 2.77. The molecule has 9 heteroatoms. The highest BCUT2D eigenvalue weighted by molar-refractivity contribution is 6.16. The highest BCUT2D eigenvalue weighted by atomic mass is 35.5. The maximum atomic E-state index is 14.0. The molecule has 0 amide bonds. The van der Waals surface area contributed by atoms with Crippen molar-refractivity contribution in [2.24, 2.45) is 0 Å². The molecule has 0 bridgehead atoms. The van der Waals surface area contributed by atoms with Crippen LogP contribution in [0.2, 0.25) is 0 Å². The van der Waals surface area contributed by atoms with Crippen molar-refractivity contribution in [3.05, 3.63) is 76.7 Å². The van der Waals surface area contributed by atoms with Crippen molar-refractivity contribution in [2.45, 2.75) is 6.54 Å². The molecule has 7 nitrogen and oxygen atoms in total. The second-order valence-corrected chi connectivity index (χ2v) is 5.77. The molecule has 0 aliphatic heterocycles. The average molecular weight is 372 g/mol. The molecule has 130 valence electrons. The fourth-order valence-electron chi connectivity index (χ4n) is 2.54. The Labute approximate surface area is 151 Å². The van der Waals surface area contributed by atoms with Crippen LogP contribution in [0.15, 0.2) is 64.2 Å². The number of aromatic nitrogens is 5. The molecule has 26 heavy (non-hydrogen) atoms. The third kappa shape index (κ3) is 2.91. The Morgan fingerprint density at radius 2 is 2.00 bits per heavy atom. The van der Waals surface area contributed by atoms with Crippen LogP contribution in [0.3, 0.4) is 0 Å². The fraction of sp³-hybridized carbons (Fsp3) is 0.0588. The summed E-state index contributed by atoms with van der Waals surface area (Å²) in [5.41, 5.74) is 1.47. The molecule has 0 saturated carbocycles. The summed E-state index contributed by atoms with van der Waals surface area (Å²) in [5, 5.41) is 8.34. The van der Waals surface area contributed by atoms with Crippen LogP contribution >= 0.6 is 11.8 Å². The van der Waals surface area contributed by atoms with E-state index in [0.717, 1.165) is 4.09 Å². The van der Waals surface area contributed by atoms with Gasteiger partial charge in [-0.25, -0.2) is 9.37 Å². The summed E-state index contributed by atoms with van der Waals surface area (Å²) in [4.78, 5) is 15.9. The third-order valence-corrected chi connectivity index (χ3v) is 4.11. The molecule has 4 rings (SSSR count). The zero-order valence-electron chi connectivity index (χ0n) is 13.2. The average Bonchev–Trinajstić information content (AvgIpc) is 3.29. The first-order valence-corrected chi connectivity index (χ1v) is 7.94. The predicted octanol–water partition coefficient (Wildman–Crippen LogP) is 2.95. The third-order valence-electron chi connectivity index (χ3n) is 3.78. The lowest BCUT2D eigenvalue weighted by Gasteiger charge is -2.06. The van der Waals surface area contributed by atoms with Gasteiger partial charge in [0.15, 0.2) is 5.82 Å². The van der Waals surface area contributed by atoms with E-state index in [2.05, 4.69) is 15.2 Å². The van der Waals surface area contributed by atoms with Crippen molar-refractivity contribution < 1.29 is 8.91 Å². The van der Waals surface area contributed by atoms with Gasteiger partial charge in [0, 0.05) is 35.7 Å². The van der Waals surface area contributed by atoms with Gasteiger partial charge in [0.1, 0.15) is 23.5 Å². The first-order valence-electron chi connectivity index (χ1n) is 7.60. The maximum absolute atomic E-state index is 14.0. The van der Waals surface area contributed by atoms with E-state index in [4.69, 9.17) is 16.3 Å². The van der Waals surface area contributed by atoms with Gasteiger partial charge in [0.2, 0.25) is 0 Å². The molecule has 0 atom stereocenters. The molecular weight excluding hydrogens is 361 g/mol. The Kier molecular flexibility index (Phi) is 4.10. The molecule has 0 aliphatic rings. The van der Waals surface area contributed by atoms with E-state index < -0.39 is 5.56 Å². The first kappa shape index (κ1) is 16.2. The normalized spacial score (nSPS) is 11.0. The quantitative estimate of drug-likeness (QED) is 0.551. The Bertz CT molecular complexity index is 1120. The van der Waals surface area contributed by atoms with Crippen LogP contribution in [0, 0.1) is 5.82 Å². The highest BCUT2D eigenvalue weighted by Crippen LogP contribution is 2.25. The van der Waals surface area contributed by atoms with E-state index in [1.807, 2.05) is 0 Å². The summed E-state index contributed by atoms with van der Waals surface area (Å²) < 4.78 is 21.4. The molecule has 3 aromatic heterocycles. The SMILES string of the molecule is O=c1ccnc(-c2cc(-c3ccon3)n(Cc3ccccc3F)n2)n1Cl. The molecule has 0 fully saturated rings. The van der Waals surface area contributed by atoms with Crippen molar-refractivity contribution in [1.29, 1.82) is 0 Å². The summed E-state index contributed by atoms with van der Waals surface area (Å²) in [7, 11) is 0. The van der Waals surface area contributed by atoms with Crippen molar-refractivity contribution >= 4 is 11.8 Å². The Morgan fingerprint density at radius 3 is 2.77 bits per heavy atom. The predicted molar refractivity (Wildman–Crippen MR) is 92.0 cm³/mol. The number of hydrogen-bond acceptors (Lipinski definition) is 5. The van der Waals surface area contributed by atoms with E-state index in [1.165, 1.54) is 24.6 Å². The van der Waals surface area contributed by atoms with Gasteiger partial charge in [-0.1, -0.05) is 23.4 Å². The minimum absolute atomic E-state index is 0.161. The van der Waals surface area contributed by atoms with E-state index >= 15 is 0 Å². The van der Waals surface area contributed by atoms with Crippen molar-refractivity contribution in [1.82, 2.24) is 24.0 Å². The van der Waals surface area contributed by atoms with Crippen LogP contribution in [0.4, 0.5) is 4.39 Å². The molecule has 0 radical (unpaired) electrons. The zero-order chi connectivity index (χ0) is 18.1. The van der Waals surface area contributed by atoms with Gasteiger partial charge in [-0.2, -0.15) is 9.18 Å². The number of benzene rings is 1. The molecule has 0 unspecified atom stereocenters. The van der Waals surface area contributed by atoms with Gasteiger partial charge in [-0.3, -0.25) is 9.48 Å². The molecule has 0 saturated heterocycles. The van der Waals surface area contributed by atoms with Crippen LogP contribution in [-0.2, 0) is 6.54 Å². The minimum atomic E-state index is -0.427. The molecular formula is C17H11ClFN5O2. The van der Waals surface area contributed by atoms with Gasteiger partial charge in [-0.05, 0) is 12.1 Å². The smallest absolute Gasteiger partial charge is 0.268 e.